The minimum absolute atomic E-state index is 0.0169. The first-order valence-electron chi connectivity index (χ1n) is 6.40. The zero-order valence-electron chi connectivity index (χ0n) is 11.9. The Hall–Kier alpha value is -1.33. The first-order valence-corrected chi connectivity index (χ1v) is 6.40. The summed E-state index contributed by atoms with van der Waals surface area (Å²) in [5, 5.41) is 18.7. The van der Waals surface area contributed by atoms with Crippen molar-refractivity contribution in [3.8, 4) is 0 Å². The van der Waals surface area contributed by atoms with Gasteiger partial charge in [0.15, 0.2) is 0 Å². The summed E-state index contributed by atoms with van der Waals surface area (Å²) < 4.78 is 4.95. The van der Waals surface area contributed by atoms with Crippen LogP contribution in [0, 0.1) is 5.41 Å². The standard InChI is InChI=1S/C14H21BO4/c1-5-19-13(16)10-6-7-12(15(17)18)11(8-10)9-14(2,3)4/h6-8,17-18H,5,9H2,1-4H3. The molecule has 5 heteroatoms. The topological polar surface area (TPSA) is 66.8 Å². The number of hydrogen-bond acceptors (Lipinski definition) is 4. The van der Waals surface area contributed by atoms with Gasteiger partial charge in [-0.2, -0.15) is 0 Å². The van der Waals surface area contributed by atoms with Gasteiger partial charge < -0.3 is 14.8 Å². The van der Waals surface area contributed by atoms with Gasteiger partial charge in [-0.1, -0.05) is 26.8 Å². The number of benzene rings is 1. The maximum atomic E-state index is 11.7. The van der Waals surface area contributed by atoms with Gasteiger partial charge in [-0.05, 0) is 41.9 Å². The molecule has 104 valence electrons. The summed E-state index contributed by atoms with van der Waals surface area (Å²) in [6.45, 7) is 8.23. The first-order chi connectivity index (χ1) is 8.74. The van der Waals surface area contributed by atoms with Crippen LogP contribution in [0.4, 0.5) is 0 Å². The monoisotopic (exact) mass is 264 g/mol. The number of carbonyl (C=O) groups excluding carboxylic acids is 1. The van der Waals surface area contributed by atoms with Crippen molar-refractivity contribution < 1.29 is 19.6 Å². The lowest BCUT2D eigenvalue weighted by molar-refractivity contribution is 0.0526. The van der Waals surface area contributed by atoms with E-state index in [1.54, 1.807) is 25.1 Å². The van der Waals surface area contributed by atoms with Crippen LogP contribution in [0.25, 0.3) is 0 Å². The van der Waals surface area contributed by atoms with E-state index in [1.807, 2.05) is 0 Å². The van der Waals surface area contributed by atoms with Gasteiger partial charge in [0.25, 0.3) is 0 Å². The molecule has 1 rings (SSSR count). The quantitative estimate of drug-likeness (QED) is 0.632. The fourth-order valence-corrected chi connectivity index (χ4v) is 1.92. The molecule has 0 saturated carbocycles. The Morgan fingerprint density at radius 1 is 1.32 bits per heavy atom. The fourth-order valence-electron chi connectivity index (χ4n) is 1.92. The Labute approximate surface area is 114 Å². The highest BCUT2D eigenvalue weighted by molar-refractivity contribution is 6.59. The molecule has 0 spiro atoms. The van der Waals surface area contributed by atoms with Crippen molar-refractivity contribution in [2.24, 2.45) is 5.41 Å². The van der Waals surface area contributed by atoms with Gasteiger partial charge >= 0.3 is 13.1 Å². The lowest BCUT2D eigenvalue weighted by atomic mass is 9.73. The lowest BCUT2D eigenvalue weighted by Crippen LogP contribution is -2.34. The average molecular weight is 264 g/mol. The Kier molecular flexibility index (Phi) is 5.15. The third-order valence-electron chi connectivity index (χ3n) is 2.65. The van der Waals surface area contributed by atoms with Gasteiger partial charge in [-0.15, -0.1) is 0 Å². The fraction of sp³-hybridized carbons (Fsp3) is 0.500. The van der Waals surface area contributed by atoms with Gasteiger partial charge in [0.05, 0.1) is 12.2 Å². The maximum Gasteiger partial charge on any atom is 0.488 e. The van der Waals surface area contributed by atoms with Gasteiger partial charge in [0.2, 0.25) is 0 Å². The summed E-state index contributed by atoms with van der Waals surface area (Å²) in [5.74, 6) is -0.392. The van der Waals surface area contributed by atoms with E-state index in [-0.39, 0.29) is 5.41 Å². The second-order valence-corrected chi connectivity index (χ2v) is 5.75. The highest BCUT2D eigenvalue weighted by Gasteiger charge is 2.22. The summed E-state index contributed by atoms with van der Waals surface area (Å²) in [6, 6.07) is 4.80. The van der Waals surface area contributed by atoms with Crippen LogP contribution in [0.3, 0.4) is 0 Å². The Morgan fingerprint density at radius 2 is 1.95 bits per heavy atom. The van der Waals surface area contributed by atoms with Crippen LogP contribution in [0.1, 0.15) is 43.6 Å². The average Bonchev–Trinajstić information content (AvgIpc) is 2.26. The highest BCUT2D eigenvalue weighted by Crippen LogP contribution is 2.20. The summed E-state index contributed by atoms with van der Waals surface area (Å²) in [5.41, 5.74) is 1.61. The van der Waals surface area contributed by atoms with Gasteiger partial charge in [0.1, 0.15) is 0 Å². The van der Waals surface area contributed by atoms with Crippen LogP contribution >= 0.6 is 0 Å². The minimum atomic E-state index is -1.53. The third kappa shape index (κ3) is 4.69. The summed E-state index contributed by atoms with van der Waals surface area (Å²) in [6.07, 6.45) is 0.646. The highest BCUT2D eigenvalue weighted by atomic mass is 16.5. The van der Waals surface area contributed by atoms with E-state index >= 15 is 0 Å². The molecule has 19 heavy (non-hydrogen) atoms. The molecule has 0 saturated heterocycles. The molecule has 4 nitrogen and oxygen atoms in total. The molecule has 2 N–H and O–H groups in total. The second kappa shape index (κ2) is 6.22. The predicted octanol–water partition coefficient (Wildman–Crippen LogP) is 1.13. The van der Waals surface area contributed by atoms with Crippen LogP contribution in [0.5, 0.6) is 0 Å². The van der Waals surface area contributed by atoms with E-state index in [0.29, 0.717) is 24.1 Å². The van der Waals surface area contributed by atoms with E-state index in [1.165, 1.54) is 0 Å². The molecule has 0 atom stereocenters. The van der Waals surface area contributed by atoms with E-state index in [9.17, 15) is 14.8 Å². The molecule has 0 aliphatic rings. The molecule has 0 aliphatic heterocycles. The van der Waals surface area contributed by atoms with Gasteiger partial charge in [0, 0.05) is 0 Å². The summed E-state index contributed by atoms with van der Waals surface area (Å²) >= 11 is 0. The van der Waals surface area contributed by atoms with Crippen LogP contribution in [0.15, 0.2) is 18.2 Å². The SMILES string of the molecule is CCOC(=O)c1ccc(B(O)O)c(CC(C)(C)C)c1. The van der Waals surface area contributed by atoms with Crippen molar-refractivity contribution in [1.82, 2.24) is 0 Å². The van der Waals surface area contributed by atoms with Gasteiger partial charge in [-0.25, -0.2) is 4.79 Å². The number of esters is 1. The minimum Gasteiger partial charge on any atom is -0.462 e. The predicted molar refractivity (Wildman–Crippen MR) is 75.4 cm³/mol. The molecule has 0 aromatic heterocycles. The first kappa shape index (κ1) is 15.7. The Morgan fingerprint density at radius 3 is 2.42 bits per heavy atom. The number of ether oxygens (including phenoxy) is 1. The van der Waals surface area contributed by atoms with Crippen LogP contribution in [-0.4, -0.2) is 29.7 Å². The van der Waals surface area contributed by atoms with Crippen molar-refractivity contribution in [2.45, 2.75) is 34.1 Å². The van der Waals surface area contributed by atoms with Crippen molar-refractivity contribution in [1.29, 1.82) is 0 Å². The summed E-state index contributed by atoms with van der Waals surface area (Å²) in [4.78, 5) is 11.7. The number of rotatable bonds is 4. The van der Waals surface area contributed by atoms with E-state index < -0.39 is 13.1 Å². The lowest BCUT2D eigenvalue weighted by Gasteiger charge is -2.21. The van der Waals surface area contributed by atoms with Crippen LogP contribution in [-0.2, 0) is 11.2 Å². The Balaban J connectivity index is 3.14. The third-order valence-corrected chi connectivity index (χ3v) is 2.65. The number of carbonyl (C=O) groups is 1. The van der Waals surface area contributed by atoms with Crippen LogP contribution < -0.4 is 5.46 Å². The van der Waals surface area contributed by atoms with Crippen LogP contribution in [0.2, 0.25) is 0 Å². The van der Waals surface area contributed by atoms with E-state index in [0.717, 1.165) is 5.56 Å². The molecule has 1 aromatic carbocycles. The second-order valence-electron chi connectivity index (χ2n) is 5.75. The number of hydrogen-bond donors (Lipinski definition) is 2. The summed E-state index contributed by atoms with van der Waals surface area (Å²) in [7, 11) is -1.53. The van der Waals surface area contributed by atoms with Crippen molar-refractivity contribution in [3.05, 3.63) is 29.3 Å². The zero-order chi connectivity index (χ0) is 14.6. The normalized spacial score (nSPS) is 11.3. The molecule has 0 amide bonds. The molecular formula is C14H21BO4. The molecule has 0 fully saturated rings. The van der Waals surface area contributed by atoms with E-state index in [4.69, 9.17) is 4.74 Å². The smallest absolute Gasteiger partial charge is 0.462 e. The molecule has 0 unspecified atom stereocenters. The van der Waals surface area contributed by atoms with Crippen molar-refractivity contribution in [3.63, 3.8) is 0 Å². The maximum absolute atomic E-state index is 11.7. The molecule has 0 aliphatic carbocycles. The molecule has 0 heterocycles. The van der Waals surface area contributed by atoms with Crippen molar-refractivity contribution in [2.75, 3.05) is 6.61 Å². The molecule has 1 aromatic rings. The molecule has 0 radical (unpaired) electrons. The molecule has 0 bridgehead atoms. The van der Waals surface area contributed by atoms with Crippen molar-refractivity contribution >= 4 is 18.6 Å². The Bertz CT molecular complexity index is 449. The molecular weight excluding hydrogens is 243 g/mol. The zero-order valence-corrected chi connectivity index (χ0v) is 11.9. The largest absolute Gasteiger partial charge is 0.488 e. The van der Waals surface area contributed by atoms with Gasteiger partial charge in [-0.3, -0.25) is 0 Å². The van der Waals surface area contributed by atoms with E-state index in [2.05, 4.69) is 20.8 Å².